The Hall–Kier alpha value is -1.14. The van der Waals surface area contributed by atoms with Gasteiger partial charge >= 0.3 is 0 Å². The van der Waals surface area contributed by atoms with E-state index in [1.807, 2.05) is 26.0 Å². The van der Waals surface area contributed by atoms with Crippen LogP contribution >= 0.6 is 11.3 Å². The Morgan fingerprint density at radius 1 is 1.67 bits per heavy atom. The van der Waals surface area contributed by atoms with Crippen molar-refractivity contribution in [3.63, 3.8) is 0 Å². The largest absolute Gasteiger partial charge is 0.292 e. The summed E-state index contributed by atoms with van der Waals surface area (Å²) in [5.41, 5.74) is 1.13. The highest BCUT2D eigenvalue weighted by molar-refractivity contribution is 7.14. The molecule has 0 unspecified atom stereocenters. The smallest absolute Gasteiger partial charge is 0.186 e. The number of hydrogen-bond acceptors (Lipinski definition) is 3. The minimum absolute atomic E-state index is 0.0145. The Labute approximate surface area is 75.5 Å². The summed E-state index contributed by atoms with van der Waals surface area (Å²) in [4.78, 5) is 13.0. The van der Waals surface area contributed by atoms with Crippen molar-refractivity contribution in [1.82, 2.24) is 0 Å². The minimum atomic E-state index is -0.0706. The van der Waals surface area contributed by atoms with Crippen molar-refractivity contribution in [2.24, 2.45) is 0 Å². The van der Waals surface area contributed by atoms with Crippen molar-refractivity contribution >= 4 is 17.1 Å². The number of carbonyl (C=O) groups excluding carboxylic acids is 1. The molecule has 0 aliphatic heterocycles. The molecule has 0 amide bonds. The molecule has 12 heavy (non-hydrogen) atoms. The van der Waals surface area contributed by atoms with Crippen LogP contribution in [0.15, 0.2) is 6.07 Å². The van der Waals surface area contributed by atoms with E-state index < -0.39 is 0 Å². The van der Waals surface area contributed by atoms with E-state index in [0.717, 1.165) is 10.4 Å². The van der Waals surface area contributed by atoms with E-state index in [2.05, 4.69) is 0 Å². The molecule has 0 fully saturated rings. The zero-order chi connectivity index (χ0) is 9.14. The molecule has 1 rings (SSSR count). The van der Waals surface area contributed by atoms with Crippen molar-refractivity contribution in [1.29, 1.82) is 5.26 Å². The molecule has 0 atom stereocenters. The lowest BCUT2D eigenvalue weighted by Crippen LogP contribution is -1.92. The normalized spacial score (nSPS) is 9.42. The highest BCUT2D eigenvalue weighted by Crippen LogP contribution is 2.21. The lowest BCUT2D eigenvalue weighted by Gasteiger charge is -1.85. The zero-order valence-electron chi connectivity index (χ0n) is 7.05. The molecule has 0 saturated carbocycles. The summed E-state index contributed by atoms with van der Waals surface area (Å²) in [5.74, 6) is -0.0706. The average Bonchev–Trinajstić information content (AvgIpc) is 2.33. The van der Waals surface area contributed by atoms with Crippen LogP contribution in [0.2, 0.25) is 0 Å². The Morgan fingerprint density at radius 2 is 2.33 bits per heavy atom. The molecule has 0 aliphatic carbocycles. The molecule has 1 aromatic heterocycles. The van der Waals surface area contributed by atoms with Gasteiger partial charge in [-0.25, -0.2) is 0 Å². The number of thiophene rings is 1. The van der Waals surface area contributed by atoms with Gasteiger partial charge in [0.05, 0.1) is 17.4 Å². The van der Waals surface area contributed by atoms with Crippen LogP contribution in [0.25, 0.3) is 0 Å². The number of nitriles is 1. The van der Waals surface area contributed by atoms with Gasteiger partial charge in [-0.2, -0.15) is 5.26 Å². The average molecular weight is 179 g/mol. The van der Waals surface area contributed by atoms with Gasteiger partial charge in [-0.05, 0) is 25.5 Å². The molecule has 3 heteroatoms. The number of ketones is 1. The molecule has 2 nitrogen and oxygen atoms in total. The van der Waals surface area contributed by atoms with Gasteiger partial charge in [-0.3, -0.25) is 4.79 Å². The summed E-state index contributed by atoms with van der Waals surface area (Å²) >= 11 is 1.46. The van der Waals surface area contributed by atoms with Crippen molar-refractivity contribution in [3.05, 3.63) is 21.4 Å². The molecule has 0 aliphatic rings. The van der Waals surface area contributed by atoms with Crippen molar-refractivity contribution in [3.8, 4) is 6.07 Å². The summed E-state index contributed by atoms with van der Waals surface area (Å²) in [6.07, 6.45) is -0.0145. The van der Waals surface area contributed by atoms with E-state index in [1.54, 1.807) is 0 Å². The van der Waals surface area contributed by atoms with Gasteiger partial charge in [-0.1, -0.05) is 0 Å². The van der Waals surface area contributed by atoms with Crippen LogP contribution in [0, 0.1) is 25.2 Å². The molecule has 0 bridgehead atoms. The number of nitrogens with zero attached hydrogens (tertiary/aromatic N) is 1. The fourth-order valence-corrected chi connectivity index (χ4v) is 1.84. The van der Waals surface area contributed by atoms with Gasteiger partial charge in [0.1, 0.15) is 0 Å². The zero-order valence-corrected chi connectivity index (χ0v) is 7.86. The fourth-order valence-electron chi connectivity index (χ4n) is 0.869. The second kappa shape index (κ2) is 3.51. The van der Waals surface area contributed by atoms with E-state index in [-0.39, 0.29) is 12.2 Å². The lowest BCUT2D eigenvalue weighted by molar-refractivity contribution is 0.100. The maximum atomic E-state index is 11.2. The summed E-state index contributed by atoms with van der Waals surface area (Å²) in [6, 6.07) is 3.70. The number of aryl methyl sites for hydroxylation is 2. The van der Waals surface area contributed by atoms with E-state index >= 15 is 0 Å². The lowest BCUT2D eigenvalue weighted by atomic mass is 10.2. The first-order valence-electron chi connectivity index (χ1n) is 3.62. The van der Waals surface area contributed by atoms with Gasteiger partial charge in [0.2, 0.25) is 0 Å². The van der Waals surface area contributed by atoms with Gasteiger partial charge in [0.15, 0.2) is 5.78 Å². The molecular weight excluding hydrogens is 170 g/mol. The molecule has 1 aromatic rings. The topological polar surface area (TPSA) is 40.9 Å². The van der Waals surface area contributed by atoms with Gasteiger partial charge in [0.25, 0.3) is 0 Å². The Bertz CT molecular complexity index is 326. The maximum absolute atomic E-state index is 11.2. The first kappa shape index (κ1) is 8.95. The first-order valence-corrected chi connectivity index (χ1v) is 4.44. The van der Waals surface area contributed by atoms with Crippen LogP contribution < -0.4 is 0 Å². The monoisotopic (exact) mass is 179 g/mol. The highest BCUT2D eigenvalue weighted by atomic mass is 32.1. The Kier molecular flexibility index (Phi) is 2.61. The summed E-state index contributed by atoms with van der Waals surface area (Å²) in [6.45, 7) is 3.94. The molecular formula is C9H9NOS. The summed E-state index contributed by atoms with van der Waals surface area (Å²) in [5, 5.41) is 8.31. The standard InChI is InChI=1S/C9H9NOS/c1-6-5-9(12-7(6)2)8(11)3-4-10/h5H,3H2,1-2H3. The molecule has 0 radical (unpaired) electrons. The number of rotatable bonds is 2. The van der Waals surface area contributed by atoms with Gasteiger partial charge in [0, 0.05) is 4.88 Å². The second-order valence-corrected chi connectivity index (χ2v) is 3.86. The summed E-state index contributed by atoms with van der Waals surface area (Å²) in [7, 11) is 0. The minimum Gasteiger partial charge on any atom is -0.292 e. The molecule has 0 N–H and O–H groups in total. The summed E-state index contributed by atoms with van der Waals surface area (Å²) < 4.78 is 0. The van der Waals surface area contributed by atoms with Crippen molar-refractivity contribution in [2.75, 3.05) is 0 Å². The third kappa shape index (κ3) is 1.72. The highest BCUT2D eigenvalue weighted by Gasteiger charge is 2.09. The quantitative estimate of drug-likeness (QED) is 0.654. The van der Waals surface area contributed by atoms with Crippen LogP contribution in [0.4, 0.5) is 0 Å². The molecule has 1 heterocycles. The van der Waals surface area contributed by atoms with Gasteiger partial charge in [-0.15, -0.1) is 11.3 Å². The number of carbonyl (C=O) groups is 1. The predicted octanol–water partition coefficient (Wildman–Crippen LogP) is 2.46. The van der Waals surface area contributed by atoms with E-state index in [1.165, 1.54) is 11.3 Å². The van der Waals surface area contributed by atoms with E-state index in [0.29, 0.717) is 4.88 Å². The Morgan fingerprint density at radius 3 is 2.75 bits per heavy atom. The van der Waals surface area contributed by atoms with Crippen LogP contribution in [0.3, 0.4) is 0 Å². The third-order valence-electron chi connectivity index (χ3n) is 1.68. The van der Waals surface area contributed by atoms with Crippen molar-refractivity contribution < 1.29 is 4.79 Å². The number of hydrogen-bond donors (Lipinski definition) is 0. The SMILES string of the molecule is Cc1cc(C(=O)CC#N)sc1C. The molecule has 0 aromatic carbocycles. The van der Waals surface area contributed by atoms with Crippen LogP contribution in [-0.2, 0) is 0 Å². The number of Topliss-reactive ketones (excluding diaryl/α,β-unsaturated/α-hetero) is 1. The first-order chi connectivity index (χ1) is 5.65. The predicted molar refractivity (Wildman–Crippen MR) is 48.4 cm³/mol. The van der Waals surface area contributed by atoms with Crippen LogP contribution in [0.5, 0.6) is 0 Å². The van der Waals surface area contributed by atoms with Crippen LogP contribution in [0.1, 0.15) is 26.5 Å². The van der Waals surface area contributed by atoms with Crippen molar-refractivity contribution in [2.45, 2.75) is 20.3 Å². The maximum Gasteiger partial charge on any atom is 0.186 e. The van der Waals surface area contributed by atoms with Crippen LogP contribution in [-0.4, -0.2) is 5.78 Å². The molecule has 0 spiro atoms. The Balaban J connectivity index is 2.91. The van der Waals surface area contributed by atoms with E-state index in [4.69, 9.17) is 5.26 Å². The third-order valence-corrected chi connectivity index (χ3v) is 2.87. The second-order valence-electron chi connectivity index (χ2n) is 2.61. The fraction of sp³-hybridized carbons (Fsp3) is 0.333. The molecule has 0 saturated heterocycles. The van der Waals surface area contributed by atoms with Gasteiger partial charge < -0.3 is 0 Å². The molecule has 62 valence electrons. The van der Waals surface area contributed by atoms with E-state index in [9.17, 15) is 4.79 Å².